The maximum absolute atomic E-state index is 13.1. The lowest BCUT2D eigenvalue weighted by Crippen LogP contribution is -2.29. The summed E-state index contributed by atoms with van der Waals surface area (Å²) < 4.78 is 5.32. The highest BCUT2D eigenvalue weighted by Gasteiger charge is 2.47. The number of Topliss-reactive ketones (excluding diaryl/α,β-unsaturated/α-hetero) is 1. The maximum atomic E-state index is 13.1. The molecule has 7 heteroatoms. The molecule has 2 aromatic carbocycles. The van der Waals surface area contributed by atoms with E-state index in [1.165, 1.54) is 18.1 Å². The minimum atomic E-state index is -0.857. The first kappa shape index (κ1) is 19.7. The molecule has 6 nitrogen and oxygen atoms in total. The second-order valence-electron chi connectivity index (χ2n) is 6.64. The molecule has 0 radical (unpaired) electrons. The number of methoxy groups -OCH3 is 1. The summed E-state index contributed by atoms with van der Waals surface area (Å²) >= 11 is 6.11. The Kier molecular flexibility index (Phi) is 5.25. The second-order valence-corrected chi connectivity index (χ2v) is 7.07. The smallest absolute Gasteiger partial charge is 0.300 e. The molecule has 0 bridgehead atoms. The number of aliphatic hydroxyl groups is 1. The van der Waals surface area contributed by atoms with E-state index in [0.717, 1.165) is 0 Å². The highest BCUT2D eigenvalue weighted by molar-refractivity contribution is 6.51. The van der Waals surface area contributed by atoms with Gasteiger partial charge in [0.05, 0.1) is 24.3 Å². The molecule has 4 rings (SSSR count). The van der Waals surface area contributed by atoms with Crippen molar-refractivity contribution in [3.63, 3.8) is 0 Å². The first-order chi connectivity index (χ1) is 14.5. The Morgan fingerprint density at radius 1 is 1.10 bits per heavy atom. The van der Waals surface area contributed by atoms with Gasteiger partial charge in [-0.2, -0.15) is 0 Å². The summed E-state index contributed by atoms with van der Waals surface area (Å²) in [6, 6.07) is 16.1. The standard InChI is InChI=1S/C23H17ClN2O4/c1-30-18-10-9-15(24)12-17(18)21(27)19-20(14-6-5-11-25-13-14)26(23(29)22(19)28)16-7-3-2-4-8-16/h2-13,20,27H,1H3/b21-19+. The average Bonchev–Trinajstić information content (AvgIpc) is 3.05. The van der Waals surface area contributed by atoms with Gasteiger partial charge in [-0.1, -0.05) is 35.9 Å². The normalized spacial score (nSPS) is 17.9. The molecular formula is C23H17ClN2O4. The lowest BCUT2D eigenvalue weighted by Gasteiger charge is -2.25. The lowest BCUT2D eigenvalue weighted by molar-refractivity contribution is -0.132. The molecule has 1 amide bonds. The Hall–Kier alpha value is -3.64. The van der Waals surface area contributed by atoms with Gasteiger partial charge in [0, 0.05) is 23.1 Å². The molecule has 30 heavy (non-hydrogen) atoms. The first-order valence-corrected chi connectivity index (χ1v) is 9.50. The van der Waals surface area contributed by atoms with Gasteiger partial charge in [-0.3, -0.25) is 19.5 Å². The predicted octanol–water partition coefficient (Wildman–Crippen LogP) is 4.37. The van der Waals surface area contributed by atoms with Gasteiger partial charge in [0.15, 0.2) is 0 Å². The molecular weight excluding hydrogens is 404 g/mol. The van der Waals surface area contributed by atoms with Crippen molar-refractivity contribution >= 4 is 34.7 Å². The van der Waals surface area contributed by atoms with Crippen LogP contribution in [-0.2, 0) is 9.59 Å². The summed E-state index contributed by atoms with van der Waals surface area (Å²) in [5.74, 6) is -1.57. The van der Waals surface area contributed by atoms with E-state index >= 15 is 0 Å². The third-order valence-corrected chi connectivity index (χ3v) is 5.13. The van der Waals surface area contributed by atoms with Crippen LogP contribution in [0.3, 0.4) is 0 Å². The summed E-state index contributed by atoms with van der Waals surface area (Å²) in [6.07, 6.45) is 3.16. The number of ketones is 1. The van der Waals surface area contributed by atoms with Crippen LogP contribution in [0.5, 0.6) is 5.75 Å². The van der Waals surface area contributed by atoms with Crippen molar-refractivity contribution in [2.75, 3.05) is 12.0 Å². The van der Waals surface area contributed by atoms with Crippen LogP contribution in [0.15, 0.2) is 78.6 Å². The number of hydrogen-bond donors (Lipinski definition) is 1. The SMILES string of the molecule is COc1ccc(Cl)cc1/C(O)=C1\C(=O)C(=O)N(c2ccccc2)C1c1cccnc1. The summed E-state index contributed by atoms with van der Waals surface area (Å²) in [5.41, 5.74) is 1.29. The molecule has 1 aromatic heterocycles. The number of carbonyl (C=O) groups excluding carboxylic acids is 2. The third kappa shape index (κ3) is 3.31. The van der Waals surface area contributed by atoms with Crippen LogP contribution < -0.4 is 9.64 Å². The van der Waals surface area contributed by atoms with E-state index in [1.54, 1.807) is 60.9 Å². The summed E-state index contributed by atoms with van der Waals surface area (Å²) in [5, 5.41) is 11.5. The number of ether oxygens (including phenoxy) is 1. The number of aromatic nitrogens is 1. The molecule has 2 heterocycles. The number of carbonyl (C=O) groups is 2. The average molecular weight is 421 g/mol. The monoisotopic (exact) mass is 420 g/mol. The fourth-order valence-corrected chi connectivity index (χ4v) is 3.72. The van der Waals surface area contributed by atoms with Gasteiger partial charge in [0.2, 0.25) is 0 Å². The number of pyridine rings is 1. The van der Waals surface area contributed by atoms with Crippen molar-refractivity contribution in [3.8, 4) is 5.75 Å². The highest BCUT2D eigenvalue weighted by Crippen LogP contribution is 2.43. The van der Waals surface area contributed by atoms with E-state index in [4.69, 9.17) is 16.3 Å². The molecule has 150 valence electrons. The lowest BCUT2D eigenvalue weighted by atomic mass is 9.96. The Bertz CT molecular complexity index is 1150. The Morgan fingerprint density at radius 3 is 2.53 bits per heavy atom. The van der Waals surface area contributed by atoms with Crippen LogP contribution in [0.2, 0.25) is 5.02 Å². The van der Waals surface area contributed by atoms with Crippen LogP contribution in [0.1, 0.15) is 17.2 Å². The van der Waals surface area contributed by atoms with Crippen molar-refractivity contribution in [1.29, 1.82) is 0 Å². The molecule has 1 aliphatic rings. The van der Waals surface area contributed by atoms with E-state index in [0.29, 0.717) is 22.0 Å². The maximum Gasteiger partial charge on any atom is 0.300 e. The molecule has 3 aromatic rings. The van der Waals surface area contributed by atoms with E-state index in [-0.39, 0.29) is 16.9 Å². The number of rotatable bonds is 4. The second kappa shape index (κ2) is 8.00. The van der Waals surface area contributed by atoms with Gasteiger partial charge < -0.3 is 9.84 Å². The number of hydrogen-bond acceptors (Lipinski definition) is 5. The van der Waals surface area contributed by atoms with Gasteiger partial charge in [-0.25, -0.2) is 0 Å². The van der Waals surface area contributed by atoms with Crippen LogP contribution in [0.4, 0.5) is 5.69 Å². The topological polar surface area (TPSA) is 79.7 Å². The number of anilines is 1. The third-order valence-electron chi connectivity index (χ3n) is 4.90. The summed E-state index contributed by atoms with van der Waals surface area (Å²) in [4.78, 5) is 31.6. The van der Waals surface area contributed by atoms with E-state index < -0.39 is 17.7 Å². The first-order valence-electron chi connectivity index (χ1n) is 9.13. The van der Waals surface area contributed by atoms with E-state index in [2.05, 4.69) is 4.98 Å². The number of aliphatic hydroxyl groups excluding tert-OH is 1. The number of nitrogens with zero attached hydrogens (tertiary/aromatic N) is 2. The van der Waals surface area contributed by atoms with Crippen LogP contribution in [0.25, 0.3) is 5.76 Å². The van der Waals surface area contributed by atoms with Crippen LogP contribution in [0, 0.1) is 0 Å². The molecule has 1 unspecified atom stereocenters. The molecule has 0 spiro atoms. The number of para-hydroxylation sites is 1. The largest absolute Gasteiger partial charge is 0.507 e. The summed E-state index contributed by atoms with van der Waals surface area (Å²) in [6.45, 7) is 0. The fraction of sp³-hybridized carbons (Fsp3) is 0.0870. The van der Waals surface area contributed by atoms with Crippen molar-refractivity contribution in [2.45, 2.75) is 6.04 Å². The number of halogens is 1. The molecule has 1 atom stereocenters. The zero-order valence-electron chi connectivity index (χ0n) is 15.9. The Labute approximate surface area is 178 Å². The van der Waals surface area contributed by atoms with Crippen LogP contribution in [-0.4, -0.2) is 28.9 Å². The minimum absolute atomic E-state index is 0.0579. The van der Waals surface area contributed by atoms with Gasteiger partial charge in [0.1, 0.15) is 11.5 Å². The molecule has 0 saturated carbocycles. The van der Waals surface area contributed by atoms with Gasteiger partial charge in [-0.15, -0.1) is 0 Å². The zero-order chi connectivity index (χ0) is 21.3. The molecule has 1 aliphatic heterocycles. The zero-order valence-corrected chi connectivity index (χ0v) is 16.7. The highest BCUT2D eigenvalue weighted by atomic mass is 35.5. The number of amides is 1. The quantitative estimate of drug-likeness (QED) is 0.385. The predicted molar refractivity (Wildman–Crippen MR) is 113 cm³/mol. The van der Waals surface area contributed by atoms with Crippen molar-refractivity contribution in [3.05, 3.63) is 94.8 Å². The van der Waals surface area contributed by atoms with E-state index in [1.807, 2.05) is 6.07 Å². The fourth-order valence-electron chi connectivity index (χ4n) is 3.55. The Balaban J connectivity index is 1.98. The van der Waals surface area contributed by atoms with Gasteiger partial charge in [0.25, 0.3) is 11.7 Å². The molecule has 1 N–H and O–H groups in total. The Morgan fingerprint density at radius 2 is 1.87 bits per heavy atom. The van der Waals surface area contributed by atoms with Crippen molar-refractivity contribution in [1.82, 2.24) is 4.98 Å². The number of benzene rings is 2. The molecule has 1 fully saturated rings. The van der Waals surface area contributed by atoms with Crippen molar-refractivity contribution < 1.29 is 19.4 Å². The van der Waals surface area contributed by atoms with E-state index in [9.17, 15) is 14.7 Å². The summed E-state index contributed by atoms with van der Waals surface area (Å²) in [7, 11) is 1.45. The minimum Gasteiger partial charge on any atom is -0.507 e. The van der Waals surface area contributed by atoms with Crippen molar-refractivity contribution in [2.24, 2.45) is 0 Å². The van der Waals surface area contributed by atoms with Gasteiger partial charge >= 0.3 is 0 Å². The van der Waals surface area contributed by atoms with Gasteiger partial charge in [-0.05, 0) is 42.0 Å². The molecule has 0 aliphatic carbocycles. The van der Waals surface area contributed by atoms with Crippen LogP contribution >= 0.6 is 11.6 Å². The molecule has 1 saturated heterocycles.